The summed E-state index contributed by atoms with van der Waals surface area (Å²) in [5.74, 6) is -1.09. The van der Waals surface area contributed by atoms with Gasteiger partial charge >= 0.3 is 0 Å². The predicted molar refractivity (Wildman–Crippen MR) is 111 cm³/mol. The molecule has 1 aliphatic rings. The molecule has 1 aromatic carbocycles. The molecular formula is C22H30N4O4. The van der Waals surface area contributed by atoms with Crippen molar-refractivity contribution in [2.24, 2.45) is 5.41 Å². The van der Waals surface area contributed by atoms with Gasteiger partial charge in [-0.2, -0.15) is 5.26 Å². The van der Waals surface area contributed by atoms with E-state index in [1.807, 2.05) is 33.8 Å². The molecule has 3 amide bonds. The van der Waals surface area contributed by atoms with Crippen LogP contribution in [0.2, 0.25) is 0 Å². The highest BCUT2D eigenvalue weighted by molar-refractivity contribution is 5.93. The lowest BCUT2D eigenvalue weighted by Gasteiger charge is -2.35. The van der Waals surface area contributed by atoms with Crippen molar-refractivity contribution in [3.05, 3.63) is 35.4 Å². The standard InChI is InChI=1S/C22H30N4O4/c1-13(16-8-6-15(11-23)7-9-16)24-20(29)18-10-17(28)12-26(18)21(30)19(22(3,4)5)25-14(2)27/h6-9,13,17-19,28H,10,12H2,1-5H3,(H,24,29)(H,25,27)/t13-,17+,18-,19?/m0/s1. The first kappa shape index (κ1) is 23.4. The molecule has 0 aromatic heterocycles. The van der Waals surface area contributed by atoms with Crippen LogP contribution in [0, 0.1) is 16.7 Å². The van der Waals surface area contributed by atoms with Crippen LogP contribution >= 0.6 is 0 Å². The fourth-order valence-corrected chi connectivity index (χ4v) is 3.56. The van der Waals surface area contributed by atoms with Gasteiger partial charge in [0, 0.05) is 19.9 Å². The molecule has 1 aromatic rings. The van der Waals surface area contributed by atoms with Crippen molar-refractivity contribution < 1.29 is 19.5 Å². The van der Waals surface area contributed by atoms with E-state index in [0.29, 0.717) is 5.56 Å². The summed E-state index contributed by atoms with van der Waals surface area (Å²) < 4.78 is 0. The normalized spacial score (nSPS) is 20.8. The van der Waals surface area contributed by atoms with Gasteiger partial charge in [0.05, 0.1) is 23.8 Å². The van der Waals surface area contributed by atoms with Crippen molar-refractivity contribution >= 4 is 17.7 Å². The minimum atomic E-state index is -0.827. The summed E-state index contributed by atoms with van der Waals surface area (Å²) in [6.45, 7) is 8.69. The second kappa shape index (κ2) is 9.26. The molecule has 1 saturated heterocycles. The van der Waals surface area contributed by atoms with Crippen LogP contribution in [0.25, 0.3) is 0 Å². The van der Waals surface area contributed by atoms with Crippen molar-refractivity contribution in [2.45, 2.75) is 65.3 Å². The smallest absolute Gasteiger partial charge is 0.246 e. The van der Waals surface area contributed by atoms with E-state index in [1.165, 1.54) is 11.8 Å². The number of carbonyl (C=O) groups is 3. The van der Waals surface area contributed by atoms with Gasteiger partial charge in [-0.15, -0.1) is 0 Å². The molecule has 0 bridgehead atoms. The van der Waals surface area contributed by atoms with E-state index in [0.717, 1.165) is 5.56 Å². The Hall–Kier alpha value is -2.92. The number of carbonyl (C=O) groups excluding carboxylic acids is 3. The number of hydrogen-bond donors (Lipinski definition) is 3. The molecule has 2 rings (SSSR count). The molecule has 162 valence electrons. The third kappa shape index (κ3) is 5.57. The molecule has 0 spiro atoms. The molecule has 0 saturated carbocycles. The lowest BCUT2D eigenvalue weighted by Crippen LogP contribution is -2.57. The van der Waals surface area contributed by atoms with Gasteiger partial charge in [0.25, 0.3) is 0 Å². The van der Waals surface area contributed by atoms with Crippen molar-refractivity contribution in [1.29, 1.82) is 5.26 Å². The summed E-state index contributed by atoms with van der Waals surface area (Å²) in [4.78, 5) is 39.1. The Kier molecular flexibility index (Phi) is 7.21. The lowest BCUT2D eigenvalue weighted by atomic mass is 9.85. The monoisotopic (exact) mass is 414 g/mol. The van der Waals surface area contributed by atoms with Gasteiger partial charge in [0.2, 0.25) is 17.7 Å². The summed E-state index contributed by atoms with van der Waals surface area (Å²) in [6.07, 6.45) is -0.679. The minimum Gasteiger partial charge on any atom is -0.391 e. The number of benzene rings is 1. The summed E-state index contributed by atoms with van der Waals surface area (Å²) in [7, 11) is 0. The molecule has 0 radical (unpaired) electrons. The van der Waals surface area contributed by atoms with Crippen LogP contribution in [0.4, 0.5) is 0 Å². The molecule has 30 heavy (non-hydrogen) atoms. The van der Waals surface area contributed by atoms with Crippen LogP contribution in [-0.2, 0) is 14.4 Å². The number of amides is 3. The molecule has 1 fully saturated rings. The maximum atomic E-state index is 13.2. The van der Waals surface area contributed by atoms with E-state index in [2.05, 4.69) is 10.6 Å². The van der Waals surface area contributed by atoms with E-state index < -0.39 is 23.6 Å². The van der Waals surface area contributed by atoms with Crippen molar-refractivity contribution in [3.63, 3.8) is 0 Å². The Bertz CT molecular complexity index is 838. The second-order valence-electron chi connectivity index (χ2n) is 8.86. The number of β-amino-alcohol motifs (C(OH)–C–C–N with tert-alkyl or cyclic N) is 1. The molecular weight excluding hydrogens is 384 g/mol. The number of aliphatic hydroxyl groups is 1. The van der Waals surface area contributed by atoms with Gasteiger partial charge in [0.15, 0.2) is 0 Å². The summed E-state index contributed by atoms with van der Waals surface area (Å²) in [5.41, 5.74) is 0.788. The topological polar surface area (TPSA) is 123 Å². The fourth-order valence-electron chi connectivity index (χ4n) is 3.56. The Morgan fingerprint density at radius 1 is 1.20 bits per heavy atom. The van der Waals surface area contributed by atoms with Gasteiger partial charge < -0.3 is 20.6 Å². The number of rotatable bonds is 5. The molecule has 1 unspecified atom stereocenters. The van der Waals surface area contributed by atoms with Crippen molar-refractivity contribution in [2.75, 3.05) is 6.54 Å². The van der Waals surface area contributed by atoms with E-state index >= 15 is 0 Å². The van der Waals surface area contributed by atoms with E-state index in [-0.39, 0.29) is 36.7 Å². The number of hydrogen-bond acceptors (Lipinski definition) is 5. The molecule has 1 aliphatic heterocycles. The van der Waals surface area contributed by atoms with Crippen molar-refractivity contribution in [3.8, 4) is 6.07 Å². The van der Waals surface area contributed by atoms with E-state index in [1.54, 1.807) is 24.3 Å². The Morgan fingerprint density at radius 2 is 1.80 bits per heavy atom. The highest BCUT2D eigenvalue weighted by Gasteiger charge is 2.44. The van der Waals surface area contributed by atoms with E-state index in [9.17, 15) is 19.5 Å². The highest BCUT2D eigenvalue weighted by Crippen LogP contribution is 2.26. The molecule has 8 heteroatoms. The Morgan fingerprint density at radius 3 is 2.30 bits per heavy atom. The van der Waals surface area contributed by atoms with Gasteiger partial charge in [0.1, 0.15) is 12.1 Å². The Balaban J connectivity index is 2.17. The van der Waals surface area contributed by atoms with Gasteiger partial charge in [-0.05, 0) is 30.0 Å². The van der Waals surface area contributed by atoms with Gasteiger partial charge in [-0.1, -0.05) is 32.9 Å². The number of aliphatic hydroxyl groups excluding tert-OH is 1. The van der Waals surface area contributed by atoms with Crippen molar-refractivity contribution in [1.82, 2.24) is 15.5 Å². The minimum absolute atomic E-state index is 0.0360. The molecule has 0 aliphatic carbocycles. The lowest BCUT2D eigenvalue weighted by molar-refractivity contribution is -0.144. The number of nitrogens with zero attached hydrogens (tertiary/aromatic N) is 2. The maximum Gasteiger partial charge on any atom is 0.246 e. The SMILES string of the molecule is CC(=O)NC(C(=O)N1C[C@H](O)C[C@H]1C(=O)N[C@@H](C)c1ccc(C#N)cc1)C(C)(C)C. The Labute approximate surface area is 177 Å². The van der Waals surface area contributed by atoms with Crippen LogP contribution < -0.4 is 10.6 Å². The largest absolute Gasteiger partial charge is 0.391 e. The van der Waals surface area contributed by atoms with Gasteiger partial charge in [-0.25, -0.2) is 0 Å². The number of nitrogens with one attached hydrogen (secondary N) is 2. The number of nitriles is 1. The van der Waals surface area contributed by atoms with Crippen LogP contribution in [0.5, 0.6) is 0 Å². The zero-order valence-electron chi connectivity index (χ0n) is 18.1. The summed E-state index contributed by atoms with van der Waals surface area (Å²) in [5, 5.41) is 24.6. The maximum absolute atomic E-state index is 13.2. The number of likely N-dealkylation sites (tertiary alicyclic amines) is 1. The quantitative estimate of drug-likeness (QED) is 0.669. The highest BCUT2D eigenvalue weighted by atomic mass is 16.3. The average Bonchev–Trinajstić information content (AvgIpc) is 3.06. The van der Waals surface area contributed by atoms with Crippen LogP contribution in [-0.4, -0.2) is 52.5 Å². The van der Waals surface area contributed by atoms with Crippen LogP contribution in [0.1, 0.15) is 58.2 Å². The van der Waals surface area contributed by atoms with Gasteiger partial charge in [-0.3, -0.25) is 14.4 Å². The van der Waals surface area contributed by atoms with E-state index in [4.69, 9.17) is 5.26 Å². The summed E-state index contributed by atoms with van der Waals surface area (Å²) >= 11 is 0. The predicted octanol–water partition coefficient (Wildman–Crippen LogP) is 1.25. The first-order chi connectivity index (χ1) is 13.9. The van der Waals surface area contributed by atoms with Crippen LogP contribution in [0.15, 0.2) is 24.3 Å². The molecule has 1 heterocycles. The second-order valence-corrected chi connectivity index (χ2v) is 8.86. The third-order valence-electron chi connectivity index (χ3n) is 5.22. The fraction of sp³-hybridized carbons (Fsp3) is 0.545. The average molecular weight is 415 g/mol. The zero-order valence-corrected chi connectivity index (χ0v) is 18.1. The first-order valence-electron chi connectivity index (χ1n) is 10.00. The first-order valence-corrected chi connectivity index (χ1v) is 10.00. The summed E-state index contributed by atoms with van der Waals surface area (Å²) in [6, 6.07) is 6.95. The zero-order chi connectivity index (χ0) is 22.6. The third-order valence-corrected chi connectivity index (χ3v) is 5.22. The molecule has 4 atom stereocenters. The molecule has 8 nitrogen and oxygen atoms in total. The molecule has 3 N–H and O–H groups in total. The van der Waals surface area contributed by atoms with Crippen LogP contribution in [0.3, 0.4) is 0 Å².